The van der Waals surface area contributed by atoms with E-state index < -0.39 is 0 Å². The van der Waals surface area contributed by atoms with Crippen molar-refractivity contribution in [3.63, 3.8) is 0 Å². The summed E-state index contributed by atoms with van der Waals surface area (Å²) in [5.41, 5.74) is 0.532. The lowest BCUT2D eigenvalue weighted by Crippen LogP contribution is -2.38. The molecule has 1 amide bonds. The average molecular weight is 386 g/mol. The highest BCUT2D eigenvalue weighted by molar-refractivity contribution is 5.77. The van der Waals surface area contributed by atoms with Crippen LogP contribution < -0.4 is 0 Å². The number of piperidine rings is 2. The SMILES string of the molecule is CN1CCC(Cc2noc([C@@H]3CCC(=O)N(Cc4ccccc4F)C3)n2)CC1. The lowest BCUT2D eigenvalue weighted by Gasteiger charge is -2.31. The molecular formula is C21H27FN4O2. The van der Waals surface area contributed by atoms with Crippen LogP contribution in [-0.4, -0.2) is 52.5 Å². The molecule has 2 fully saturated rings. The number of aromatic nitrogens is 2. The number of likely N-dealkylation sites (tertiary alicyclic amines) is 2. The molecule has 2 aliphatic heterocycles. The Labute approximate surface area is 164 Å². The van der Waals surface area contributed by atoms with Crippen LogP contribution in [0.3, 0.4) is 0 Å². The molecule has 0 unspecified atom stereocenters. The van der Waals surface area contributed by atoms with Gasteiger partial charge in [-0.15, -0.1) is 0 Å². The van der Waals surface area contributed by atoms with Crippen LogP contribution in [0.1, 0.15) is 48.9 Å². The van der Waals surface area contributed by atoms with Gasteiger partial charge in [0.2, 0.25) is 11.8 Å². The predicted molar refractivity (Wildman–Crippen MR) is 102 cm³/mol. The van der Waals surface area contributed by atoms with Gasteiger partial charge >= 0.3 is 0 Å². The average Bonchev–Trinajstić information content (AvgIpc) is 3.15. The maximum absolute atomic E-state index is 14.0. The molecule has 1 aromatic carbocycles. The standard InChI is InChI=1S/C21H27FN4O2/c1-25-10-8-15(9-11-25)12-19-23-21(28-24-19)17-6-7-20(27)26(14-17)13-16-4-2-3-5-18(16)22/h2-5,15,17H,6-14H2,1H3/t17-/m1/s1. The Hall–Kier alpha value is -2.28. The van der Waals surface area contributed by atoms with Gasteiger partial charge in [-0.3, -0.25) is 4.79 Å². The number of hydrogen-bond acceptors (Lipinski definition) is 5. The summed E-state index contributed by atoms with van der Waals surface area (Å²) in [5, 5.41) is 4.18. The molecule has 150 valence electrons. The van der Waals surface area contributed by atoms with E-state index in [0.717, 1.165) is 38.2 Å². The van der Waals surface area contributed by atoms with Crippen LogP contribution in [0.2, 0.25) is 0 Å². The van der Waals surface area contributed by atoms with Gasteiger partial charge in [0.05, 0.1) is 5.92 Å². The molecule has 2 aliphatic rings. The van der Waals surface area contributed by atoms with Gasteiger partial charge in [0, 0.05) is 31.5 Å². The number of nitrogens with zero attached hydrogens (tertiary/aromatic N) is 4. The topological polar surface area (TPSA) is 62.5 Å². The first-order valence-electron chi connectivity index (χ1n) is 10.1. The van der Waals surface area contributed by atoms with Gasteiger partial charge in [-0.05, 0) is 51.4 Å². The Bertz CT molecular complexity index is 816. The van der Waals surface area contributed by atoms with E-state index in [0.29, 0.717) is 36.8 Å². The number of amides is 1. The largest absolute Gasteiger partial charge is 0.339 e. The molecule has 0 radical (unpaired) electrons. The molecule has 6 nitrogen and oxygen atoms in total. The molecule has 2 saturated heterocycles. The van der Waals surface area contributed by atoms with Crippen molar-refractivity contribution in [3.05, 3.63) is 47.4 Å². The van der Waals surface area contributed by atoms with Crippen molar-refractivity contribution >= 4 is 5.91 Å². The van der Waals surface area contributed by atoms with E-state index in [-0.39, 0.29) is 24.2 Å². The minimum atomic E-state index is -0.282. The summed E-state index contributed by atoms with van der Waals surface area (Å²) >= 11 is 0. The van der Waals surface area contributed by atoms with Crippen molar-refractivity contribution < 1.29 is 13.7 Å². The number of benzene rings is 1. The van der Waals surface area contributed by atoms with Gasteiger partial charge in [0.15, 0.2) is 5.82 Å². The van der Waals surface area contributed by atoms with Crippen LogP contribution in [0.15, 0.2) is 28.8 Å². The van der Waals surface area contributed by atoms with E-state index in [1.807, 2.05) is 0 Å². The third-order valence-corrected chi connectivity index (χ3v) is 5.96. The van der Waals surface area contributed by atoms with Crippen LogP contribution in [-0.2, 0) is 17.8 Å². The summed E-state index contributed by atoms with van der Waals surface area (Å²) in [6.07, 6.45) is 4.29. The molecule has 0 bridgehead atoms. The van der Waals surface area contributed by atoms with E-state index in [1.165, 1.54) is 6.07 Å². The second kappa shape index (κ2) is 8.39. The van der Waals surface area contributed by atoms with Crippen molar-refractivity contribution in [2.45, 2.75) is 44.6 Å². The predicted octanol–water partition coefficient (Wildman–Crippen LogP) is 3.00. The fourth-order valence-corrected chi connectivity index (χ4v) is 4.14. The van der Waals surface area contributed by atoms with Gasteiger partial charge in [0.25, 0.3) is 0 Å². The second-order valence-corrected chi connectivity index (χ2v) is 8.10. The Morgan fingerprint density at radius 1 is 1.21 bits per heavy atom. The number of carbonyl (C=O) groups is 1. The molecule has 28 heavy (non-hydrogen) atoms. The van der Waals surface area contributed by atoms with E-state index in [9.17, 15) is 9.18 Å². The molecule has 7 heteroatoms. The zero-order valence-corrected chi connectivity index (χ0v) is 16.3. The highest BCUT2D eigenvalue weighted by Crippen LogP contribution is 2.28. The van der Waals surface area contributed by atoms with Crippen LogP contribution in [0.4, 0.5) is 4.39 Å². The Morgan fingerprint density at radius 2 is 2.00 bits per heavy atom. The first-order chi connectivity index (χ1) is 13.6. The molecule has 0 saturated carbocycles. The summed E-state index contributed by atoms with van der Waals surface area (Å²) in [7, 11) is 2.15. The maximum Gasteiger partial charge on any atom is 0.231 e. The Morgan fingerprint density at radius 3 is 2.79 bits per heavy atom. The highest BCUT2D eigenvalue weighted by atomic mass is 19.1. The van der Waals surface area contributed by atoms with Gasteiger partial charge in [0.1, 0.15) is 5.82 Å². The van der Waals surface area contributed by atoms with Crippen LogP contribution in [0.25, 0.3) is 0 Å². The molecule has 1 atom stereocenters. The van der Waals surface area contributed by atoms with E-state index >= 15 is 0 Å². The maximum atomic E-state index is 14.0. The smallest absolute Gasteiger partial charge is 0.231 e. The summed E-state index contributed by atoms with van der Waals surface area (Å²) < 4.78 is 19.5. The molecule has 0 spiro atoms. The number of carbonyl (C=O) groups excluding carboxylic acids is 1. The number of rotatable bonds is 5. The van der Waals surface area contributed by atoms with Crippen molar-refractivity contribution in [2.24, 2.45) is 5.92 Å². The summed E-state index contributed by atoms with van der Waals surface area (Å²) in [5.74, 6) is 1.76. The number of hydrogen-bond donors (Lipinski definition) is 0. The van der Waals surface area contributed by atoms with Crippen molar-refractivity contribution in [1.82, 2.24) is 19.9 Å². The zero-order chi connectivity index (χ0) is 19.5. The van der Waals surface area contributed by atoms with Gasteiger partial charge in [-0.25, -0.2) is 4.39 Å². The minimum absolute atomic E-state index is 0.0169. The third kappa shape index (κ3) is 4.41. The minimum Gasteiger partial charge on any atom is -0.339 e. The van der Waals surface area contributed by atoms with Crippen molar-refractivity contribution in [1.29, 1.82) is 0 Å². The molecule has 1 aromatic heterocycles. The van der Waals surface area contributed by atoms with Crippen LogP contribution >= 0.6 is 0 Å². The normalized spacial score (nSPS) is 22.0. The summed E-state index contributed by atoms with van der Waals surface area (Å²) in [4.78, 5) is 21.0. The summed E-state index contributed by atoms with van der Waals surface area (Å²) in [6.45, 7) is 3.00. The monoisotopic (exact) mass is 386 g/mol. The molecule has 2 aromatic rings. The molecule has 0 aliphatic carbocycles. The van der Waals surface area contributed by atoms with Crippen molar-refractivity contribution in [3.8, 4) is 0 Å². The Kier molecular flexibility index (Phi) is 5.71. The van der Waals surface area contributed by atoms with Gasteiger partial charge in [-0.1, -0.05) is 23.4 Å². The molecule has 0 N–H and O–H groups in total. The Balaban J connectivity index is 1.38. The molecule has 4 rings (SSSR count). The first kappa shape index (κ1) is 19.1. The van der Waals surface area contributed by atoms with Crippen molar-refractivity contribution in [2.75, 3.05) is 26.7 Å². The molecule has 3 heterocycles. The highest BCUT2D eigenvalue weighted by Gasteiger charge is 2.31. The fraction of sp³-hybridized carbons (Fsp3) is 0.571. The van der Waals surface area contributed by atoms with E-state index in [4.69, 9.17) is 4.52 Å². The molecular weight excluding hydrogens is 359 g/mol. The third-order valence-electron chi connectivity index (χ3n) is 5.96. The number of halogens is 1. The zero-order valence-electron chi connectivity index (χ0n) is 16.3. The second-order valence-electron chi connectivity index (χ2n) is 8.10. The quantitative estimate of drug-likeness (QED) is 0.791. The first-order valence-corrected chi connectivity index (χ1v) is 10.1. The fourth-order valence-electron chi connectivity index (χ4n) is 4.14. The van der Waals surface area contributed by atoms with Gasteiger partial charge < -0.3 is 14.3 Å². The lowest BCUT2D eigenvalue weighted by atomic mass is 9.93. The van der Waals surface area contributed by atoms with Gasteiger partial charge in [-0.2, -0.15) is 4.98 Å². The van der Waals surface area contributed by atoms with Crippen LogP contribution in [0, 0.1) is 11.7 Å². The van der Waals surface area contributed by atoms with Crippen LogP contribution in [0.5, 0.6) is 0 Å². The lowest BCUT2D eigenvalue weighted by molar-refractivity contribution is -0.134. The van der Waals surface area contributed by atoms with E-state index in [2.05, 4.69) is 22.1 Å². The van der Waals surface area contributed by atoms with E-state index in [1.54, 1.807) is 23.1 Å². The summed E-state index contributed by atoms with van der Waals surface area (Å²) in [6, 6.07) is 6.59.